The summed E-state index contributed by atoms with van der Waals surface area (Å²) in [6, 6.07) is 12.5. The Balaban J connectivity index is 2.18. The molecule has 0 radical (unpaired) electrons. The second kappa shape index (κ2) is 4.63. The first-order valence-corrected chi connectivity index (χ1v) is 6.56. The number of rotatable bonds is 2. The van der Waals surface area contributed by atoms with E-state index in [1.807, 2.05) is 36.6 Å². The predicted molar refractivity (Wildman–Crippen MR) is 79.1 cm³/mol. The lowest BCUT2D eigenvalue weighted by atomic mass is 10.1. The summed E-state index contributed by atoms with van der Waals surface area (Å²) >= 11 is 0. The Morgan fingerprint density at radius 1 is 1.20 bits per heavy atom. The van der Waals surface area contributed by atoms with Gasteiger partial charge in [-0.2, -0.15) is 0 Å². The van der Waals surface area contributed by atoms with E-state index < -0.39 is 0 Å². The standard InChI is InChI=1S/C16H16FN3/c1-10-6-7-14-15(8-10)20(16(18)19-14)11(2)12-4-3-5-13(17)9-12/h3-9,11H,1-2H3,(H2,18,19). The Hall–Kier alpha value is -2.36. The molecule has 1 atom stereocenters. The van der Waals surface area contributed by atoms with Crippen LogP contribution in [-0.2, 0) is 0 Å². The third-order valence-electron chi connectivity index (χ3n) is 3.59. The van der Waals surface area contributed by atoms with Crippen molar-refractivity contribution in [1.29, 1.82) is 0 Å². The average molecular weight is 269 g/mol. The van der Waals surface area contributed by atoms with Crippen LogP contribution in [0.5, 0.6) is 0 Å². The normalized spacial score (nSPS) is 12.8. The number of benzene rings is 2. The first-order valence-electron chi connectivity index (χ1n) is 6.56. The summed E-state index contributed by atoms with van der Waals surface area (Å²) in [6.45, 7) is 4.02. The second-order valence-corrected chi connectivity index (χ2v) is 5.06. The minimum atomic E-state index is -0.242. The Morgan fingerprint density at radius 3 is 2.75 bits per heavy atom. The van der Waals surface area contributed by atoms with Crippen LogP contribution in [0.3, 0.4) is 0 Å². The fourth-order valence-electron chi connectivity index (χ4n) is 2.54. The minimum Gasteiger partial charge on any atom is -0.369 e. The van der Waals surface area contributed by atoms with Crippen molar-refractivity contribution in [2.24, 2.45) is 0 Å². The van der Waals surface area contributed by atoms with Crippen LogP contribution in [-0.4, -0.2) is 9.55 Å². The molecule has 3 aromatic rings. The number of nitrogens with two attached hydrogens (primary N) is 1. The Labute approximate surface area is 116 Å². The molecule has 4 heteroatoms. The van der Waals surface area contributed by atoms with E-state index in [1.165, 1.54) is 12.1 Å². The van der Waals surface area contributed by atoms with Gasteiger partial charge < -0.3 is 10.3 Å². The van der Waals surface area contributed by atoms with Crippen molar-refractivity contribution in [2.75, 3.05) is 5.73 Å². The number of nitrogens with zero attached hydrogens (tertiary/aromatic N) is 2. The molecule has 0 saturated heterocycles. The van der Waals surface area contributed by atoms with E-state index in [1.54, 1.807) is 6.07 Å². The molecule has 0 bridgehead atoms. The maximum atomic E-state index is 13.4. The molecule has 20 heavy (non-hydrogen) atoms. The SMILES string of the molecule is Cc1ccc2nc(N)n(C(C)c3cccc(F)c3)c2c1. The van der Waals surface area contributed by atoms with Gasteiger partial charge in [-0.15, -0.1) is 0 Å². The van der Waals surface area contributed by atoms with Crippen molar-refractivity contribution in [3.05, 3.63) is 59.4 Å². The molecular formula is C16H16FN3. The van der Waals surface area contributed by atoms with E-state index >= 15 is 0 Å². The summed E-state index contributed by atoms with van der Waals surface area (Å²) in [5.74, 6) is 0.205. The van der Waals surface area contributed by atoms with Crippen LogP contribution >= 0.6 is 0 Å². The number of aryl methyl sites for hydroxylation is 1. The van der Waals surface area contributed by atoms with Gasteiger partial charge in [-0.05, 0) is 49.2 Å². The minimum absolute atomic E-state index is 0.0718. The van der Waals surface area contributed by atoms with E-state index in [9.17, 15) is 4.39 Å². The topological polar surface area (TPSA) is 43.8 Å². The molecule has 0 fully saturated rings. The lowest BCUT2D eigenvalue weighted by Crippen LogP contribution is -2.10. The fourth-order valence-corrected chi connectivity index (χ4v) is 2.54. The Kier molecular flexibility index (Phi) is 2.93. The van der Waals surface area contributed by atoms with E-state index in [0.29, 0.717) is 5.95 Å². The third-order valence-corrected chi connectivity index (χ3v) is 3.59. The van der Waals surface area contributed by atoms with Gasteiger partial charge in [0.1, 0.15) is 5.82 Å². The highest BCUT2D eigenvalue weighted by molar-refractivity contribution is 5.79. The first kappa shape index (κ1) is 12.7. The number of fused-ring (bicyclic) bond motifs is 1. The summed E-state index contributed by atoms with van der Waals surface area (Å²) in [7, 11) is 0. The van der Waals surface area contributed by atoms with Crippen molar-refractivity contribution < 1.29 is 4.39 Å². The molecule has 0 aliphatic carbocycles. The van der Waals surface area contributed by atoms with Crippen LogP contribution in [0.2, 0.25) is 0 Å². The number of hydrogen-bond donors (Lipinski definition) is 1. The van der Waals surface area contributed by atoms with Gasteiger partial charge >= 0.3 is 0 Å². The van der Waals surface area contributed by atoms with Crippen molar-refractivity contribution in [3.8, 4) is 0 Å². The smallest absolute Gasteiger partial charge is 0.201 e. The fraction of sp³-hybridized carbons (Fsp3) is 0.188. The van der Waals surface area contributed by atoms with Crippen molar-refractivity contribution in [2.45, 2.75) is 19.9 Å². The maximum Gasteiger partial charge on any atom is 0.201 e. The van der Waals surface area contributed by atoms with Gasteiger partial charge in [0.25, 0.3) is 0 Å². The highest BCUT2D eigenvalue weighted by atomic mass is 19.1. The summed E-state index contributed by atoms with van der Waals surface area (Å²) in [6.07, 6.45) is 0. The molecule has 2 aromatic carbocycles. The monoisotopic (exact) mass is 269 g/mol. The highest BCUT2D eigenvalue weighted by Crippen LogP contribution is 2.28. The molecule has 0 aliphatic rings. The van der Waals surface area contributed by atoms with Crippen LogP contribution in [0.4, 0.5) is 10.3 Å². The van der Waals surface area contributed by atoms with Crippen molar-refractivity contribution in [1.82, 2.24) is 9.55 Å². The van der Waals surface area contributed by atoms with Gasteiger partial charge in [0.15, 0.2) is 0 Å². The molecule has 3 nitrogen and oxygen atoms in total. The third kappa shape index (κ3) is 2.03. The molecule has 0 aliphatic heterocycles. The molecular weight excluding hydrogens is 253 g/mol. The summed E-state index contributed by atoms with van der Waals surface area (Å²) in [5.41, 5.74) is 9.88. The molecule has 1 heterocycles. The second-order valence-electron chi connectivity index (χ2n) is 5.06. The molecule has 0 amide bonds. The summed E-state index contributed by atoms with van der Waals surface area (Å²) < 4.78 is 15.3. The quantitative estimate of drug-likeness (QED) is 0.771. The van der Waals surface area contributed by atoms with Gasteiger partial charge in [-0.1, -0.05) is 18.2 Å². The number of anilines is 1. The van der Waals surface area contributed by atoms with Crippen LogP contribution < -0.4 is 5.73 Å². The van der Waals surface area contributed by atoms with Gasteiger partial charge in [-0.25, -0.2) is 9.37 Å². The lowest BCUT2D eigenvalue weighted by Gasteiger charge is -2.16. The zero-order valence-electron chi connectivity index (χ0n) is 11.5. The Bertz CT molecular complexity index is 776. The summed E-state index contributed by atoms with van der Waals surface area (Å²) in [4.78, 5) is 4.37. The molecule has 0 spiro atoms. The van der Waals surface area contributed by atoms with Crippen LogP contribution in [0.25, 0.3) is 11.0 Å². The first-order chi connectivity index (χ1) is 9.56. The molecule has 1 unspecified atom stereocenters. The van der Waals surface area contributed by atoms with Crippen molar-refractivity contribution in [3.63, 3.8) is 0 Å². The van der Waals surface area contributed by atoms with E-state index in [2.05, 4.69) is 11.1 Å². The van der Waals surface area contributed by atoms with E-state index in [-0.39, 0.29) is 11.9 Å². The van der Waals surface area contributed by atoms with E-state index in [4.69, 9.17) is 5.73 Å². The number of halogens is 1. The largest absolute Gasteiger partial charge is 0.369 e. The number of hydrogen-bond acceptors (Lipinski definition) is 2. The predicted octanol–water partition coefficient (Wildman–Crippen LogP) is 3.68. The highest BCUT2D eigenvalue weighted by Gasteiger charge is 2.16. The number of imidazole rings is 1. The van der Waals surface area contributed by atoms with Crippen molar-refractivity contribution >= 4 is 17.0 Å². The van der Waals surface area contributed by atoms with E-state index in [0.717, 1.165) is 22.2 Å². The molecule has 102 valence electrons. The van der Waals surface area contributed by atoms with Crippen LogP contribution in [0.1, 0.15) is 24.1 Å². The molecule has 2 N–H and O–H groups in total. The van der Waals surface area contributed by atoms with Gasteiger partial charge in [0.05, 0.1) is 17.1 Å². The van der Waals surface area contributed by atoms with Gasteiger partial charge in [0.2, 0.25) is 5.95 Å². The average Bonchev–Trinajstić information content (AvgIpc) is 2.73. The zero-order valence-corrected chi connectivity index (χ0v) is 11.5. The van der Waals surface area contributed by atoms with Gasteiger partial charge in [-0.3, -0.25) is 0 Å². The maximum absolute atomic E-state index is 13.4. The molecule has 3 rings (SSSR count). The Morgan fingerprint density at radius 2 is 2.00 bits per heavy atom. The molecule has 0 saturated carbocycles. The zero-order chi connectivity index (χ0) is 14.3. The number of aromatic nitrogens is 2. The lowest BCUT2D eigenvalue weighted by molar-refractivity contribution is 0.612. The van der Waals surface area contributed by atoms with Crippen LogP contribution in [0.15, 0.2) is 42.5 Å². The number of nitrogen functional groups attached to an aromatic ring is 1. The van der Waals surface area contributed by atoms with Crippen LogP contribution in [0, 0.1) is 12.7 Å². The summed E-state index contributed by atoms with van der Waals surface area (Å²) in [5, 5.41) is 0. The van der Waals surface area contributed by atoms with Gasteiger partial charge in [0, 0.05) is 0 Å². The molecule has 1 aromatic heterocycles.